The fourth-order valence-corrected chi connectivity index (χ4v) is 2.03. The molecule has 0 bridgehead atoms. The minimum atomic E-state index is -0.462. The SMILES string of the molecule is CCOc1ccc(C)cc1C(O)CC(C)C(C)(C)C. The van der Waals surface area contributed by atoms with E-state index in [2.05, 4.69) is 27.7 Å². The van der Waals surface area contributed by atoms with Crippen molar-refractivity contribution in [2.24, 2.45) is 11.3 Å². The second kappa shape index (κ2) is 6.42. The maximum atomic E-state index is 10.5. The van der Waals surface area contributed by atoms with Gasteiger partial charge < -0.3 is 9.84 Å². The van der Waals surface area contributed by atoms with Crippen LogP contribution in [0.5, 0.6) is 5.75 Å². The van der Waals surface area contributed by atoms with Gasteiger partial charge >= 0.3 is 0 Å². The lowest BCUT2D eigenvalue weighted by molar-refractivity contribution is 0.108. The van der Waals surface area contributed by atoms with E-state index in [0.29, 0.717) is 12.5 Å². The van der Waals surface area contributed by atoms with Crippen molar-refractivity contribution in [2.75, 3.05) is 6.61 Å². The molecular weight excluding hydrogens is 236 g/mol. The van der Waals surface area contributed by atoms with Gasteiger partial charge in [-0.15, -0.1) is 0 Å². The van der Waals surface area contributed by atoms with Crippen LogP contribution < -0.4 is 4.74 Å². The van der Waals surface area contributed by atoms with Gasteiger partial charge in [0.05, 0.1) is 12.7 Å². The summed E-state index contributed by atoms with van der Waals surface area (Å²) < 4.78 is 5.62. The minimum absolute atomic E-state index is 0.205. The highest BCUT2D eigenvalue weighted by molar-refractivity contribution is 5.38. The van der Waals surface area contributed by atoms with E-state index in [4.69, 9.17) is 4.74 Å². The summed E-state index contributed by atoms with van der Waals surface area (Å²) in [6.07, 6.45) is 0.295. The third-order valence-electron chi connectivity index (χ3n) is 3.88. The summed E-state index contributed by atoms with van der Waals surface area (Å²) in [4.78, 5) is 0. The Morgan fingerprint density at radius 1 is 1.26 bits per heavy atom. The van der Waals surface area contributed by atoms with Gasteiger partial charge in [0.25, 0.3) is 0 Å². The highest BCUT2D eigenvalue weighted by Gasteiger charge is 2.24. The van der Waals surface area contributed by atoms with Crippen LogP contribution in [0.15, 0.2) is 18.2 Å². The van der Waals surface area contributed by atoms with Crippen LogP contribution in [0.2, 0.25) is 0 Å². The molecule has 1 aromatic rings. The normalized spacial score (nSPS) is 15.1. The Hall–Kier alpha value is -1.02. The zero-order valence-electron chi connectivity index (χ0n) is 13.2. The zero-order valence-corrected chi connectivity index (χ0v) is 13.2. The van der Waals surface area contributed by atoms with Gasteiger partial charge in [-0.3, -0.25) is 0 Å². The van der Waals surface area contributed by atoms with Crippen LogP contribution in [0.3, 0.4) is 0 Å². The van der Waals surface area contributed by atoms with Crippen LogP contribution in [0, 0.1) is 18.3 Å². The van der Waals surface area contributed by atoms with Crippen LogP contribution >= 0.6 is 0 Å². The molecule has 1 aromatic carbocycles. The van der Waals surface area contributed by atoms with E-state index in [1.54, 1.807) is 0 Å². The first kappa shape index (κ1) is 16.0. The maximum Gasteiger partial charge on any atom is 0.125 e. The molecule has 0 radical (unpaired) electrons. The molecule has 0 aliphatic rings. The Morgan fingerprint density at radius 2 is 1.89 bits per heavy atom. The lowest BCUT2D eigenvalue weighted by Gasteiger charge is -2.29. The summed E-state index contributed by atoms with van der Waals surface area (Å²) in [5.74, 6) is 1.25. The quantitative estimate of drug-likeness (QED) is 0.848. The molecule has 2 atom stereocenters. The summed E-state index contributed by atoms with van der Waals surface area (Å²) in [7, 11) is 0. The summed E-state index contributed by atoms with van der Waals surface area (Å²) in [5.41, 5.74) is 2.27. The van der Waals surface area contributed by atoms with E-state index >= 15 is 0 Å². The summed E-state index contributed by atoms with van der Waals surface area (Å²) in [5, 5.41) is 10.5. The van der Waals surface area contributed by atoms with Crippen molar-refractivity contribution < 1.29 is 9.84 Å². The average molecular weight is 264 g/mol. The highest BCUT2D eigenvalue weighted by Crippen LogP contribution is 2.36. The van der Waals surface area contributed by atoms with Crippen molar-refractivity contribution in [3.8, 4) is 5.75 Å². The van der Waals surface area contributed by atoms with E-state index in [1.165, 1.54) is 0 Å². The number of hydrogen-bond donors (Lipinski definition) is 1. The van der Waals surface area contributed by atoms with Gasteiger partial charge in [-0.05, 0) is 43.7 Å². The summed E-state index contributed by atoms with van der Waals surface area (Å²) in [6, 6.07) is 6.01. The van der Waals surface area contributed by atoms with Gasteiger partial charge in [0.15, 0.2) is 0 Å². The van der Waals surface area contributed by atoms with E-state index in [1.807, 2.05) is 32.0 Å². The molecule has 1 N–H and O–H groups in total. The molecule has 0 aromatic heterocycles. The maximum absolute atomic E-state index is 10.5. The lowest BCUT2D eigenvalue weighted by Crippen LogP contribution is -2.20. The van der Waals surface area contributed by atoms with Gasteiger partial charge in [-0.25, -0.2) is 0 Å². The molecule has 0 saturated carbocycles. The Balaban J connectivity index is 2.92. The molecule has 0 spiro atoms. The smallest absolute Gasteiger partial charge is 0.125 e. The van der Waals surface area contributed by atoms with E-state index in [9.17, 15) is 5.11 Å². The van der Waals surface area contributed by atoms with Crippen molar-refractivity contribution in [2.45, 2.75) is 54.1 Å². The van der Waals surface area contributed by atoms with E-state index in [-0.39, 0.29) is 5.41 Å². The third-order valence-corrected chi connectivity index (χ3v) is 3.88. The molecule has 19 heavy (non-hydrogen) atoms. The molecule has 0 heterocycles. The Labute approximate surface area is 117 Å². The molecule has 0 saturated heterocycles. The number of aliphatic hydroxyl groups is 1. The molecule has 2 nitrogen and oxygen atoms in total. The first-order valence-corrected chi connectivity index (χ1v) is 7.17. The lowest BCUT2D eigenvalue weighted by atomic mass is 9.78. The van der Waals surface area contributed by atoms with Crippen LogP contribution in [-0.4, -0.2) is 11.7 Å². The van der Waals surface area contributed by atoms with Crippen molar-refractivity contribution in [3.05, 3.63) is 29.3 Å². The molecule has 108 valence electrons. The Kier molecular flexibility index (Phi) is 5.42. The average Bonchev–Trinajstić information content (AvgIpc) is 2.30. The van der Waals surface area contributed by atoms with E-state index < -0.39 is 6.10 Å². The fourth-order valence-electron chi connectivity index (χ4n) is 2.03. The second-order valence-electron chi connectivity index (χ2n) is 6.49. The largest absolute Gasteiger partial charge is 0.493 e. The monoisotopic (exact) mass is 264 g/mol. The molecular formula is C17H28O2. The number of hydrogen-bond acceptors (Lipinski definition) is 2. The molecule has 0 aliphatic carbocycles. The first-order valence-electron chi connectivity index (χ1n) is 7.17. The number of rotatable bonds is 5. The highest BCUT2D eigenvalue weighted by atomic mass is 16.5. The zero-order chi connectivity index (χ0) is 14.6. The van der Waals surface area contributed by atoms with Gasteiger partial charge in [0, 0.05) is 5.56 Å². The molecule has 0 aliphatic heterocycles. The van der Waals surface area contributed by atoms with Crippen LogP contribution in [-0.2, 0) is 0 Å². The topological polar surface area (TPSA) is 29.5 Å². The fraction of sp³-hybridized carbons (Fsp3) is 0.647. The van der Waals surface area contributed by atoms with Gasteiger partial charge in [-0.1, -0.05) is 39.3 Å². The van der Waals surface area contributed by atoms with Crippen molar-refractivity contribution in [3.63, 3.8) is 0 Å². The van der Waals surface area contributed by atoms with Crippen molar-refractivity contribution >= 4 is 0 Å². The third kappa shape index (κ3) is 4.54. The van der Waals surface area contributed by atoms with Gasteiger partial charge in [0.1, 0.15) is 5.75 Å². The Morgan fingerprint density at radius 3 is 2.42 bits per heavy atom. The van der Waals surface area contributed by atoms with Crippen LogP contribution in [0.25, 0.3) is 0 Å². The molecule has 2 heteroatoms. The summed E-state index contributed by atoms with van der Waals surface area (Å²) >= 11 is 0. The van der Waals surface area contributed by atoms with Crippen LogP contribution in [0.1, 0.15) is 58.3 Å². The van der Waals surface area contributed by atoms with Crippen LogP contribution in [0.4, 0.5) is 0 Å². The predicted molar refractivity (Wildman–Crippen MR) is 80.5 cm³/mol. The molecule has 2 unspecified atom stereocenters. The molecule has 1 rings (SSSR count). The van der Waals surface area contributed by atoms with Crippen molar-refractivity contribution in [1.82, 2.24) is 0 Å². The standard InChI is InChI=1S/C17H28O2/c1-7-19-16-9-8-12(2)10-14(16)15(18)11-13(3)17(4,5)6/h8-10,13,15,18H,7,11H2,1-6H3. The summed E-state index contributed by atoms with van der Waals surface area (Å²) in [6.45, 7) is 13.5. The number of ether oxygens (including phenoxy) is 1. The first-order chi connectivity index (χ1) is 8.75. The van der Waals surface area contributed by atoms with Gasteiger partial charge in [0.2, 0.25) is 0 Å². The molecule has 0 amide bonds. The Bertz CT molecular complexity index is 404. The molecule has 0 fully saturated rings. The number of aryl methyl sites for hydroxylation is 1. The minimum Gasteiger partial charge on any atom is -0.493 e. The second-order valence-corrected chi connectivity index (χ2v) is 6.49. The van der Waals surface area contributed by atoms with Crippen molar-refractivity contribution in [1.29, 1.82) is 0 Å². The predicted octanol–water partition coefficient (Wildman–Crippen LogP) is 4.50. The van der Waals surface area contributed by atoms with E-state index in [0.717, 1.165) is 23.3 Å². The van der Waals surface area contributed by atoms with Gasteiger partial charge in [-0.2, -0.15) is 0 Å². The number of benzene rings is 1. The number of aliphatic hydroxyl groups excluding tert-OH is 1.